The second kappa shape index (κ2) is 10.1. The van der Waals surface area contributed by atoms with Crippen molar-refractivity contribution in [2.45, 2.75) is 68.7 Å². The van der Waals surface area contributed by atoms with Crippen LogP contribution in [0.5, 0.6) is 0 Å². The number of nitrogens with two attached hydrogens (primary N) is 1. The molecule has 6 nitrogen and oxygen atoms in total. The molecule has 1 atom stereocenters. The van der Waals surface area contributed by atoms with Crippen LogP contribution in [0, 0.1) is 19.8 Å². The zero-order valence-corrected chi connectivity index (χ0v) is 23.9. The summed E-state index contributed by atoms with van der Waals surface area (Å²) >= 11 is 0. The van der Waals surface area contributed by atoms with Crippen molar-refractivity contribution in [3.63, 3.8) is 0 Å². The number of esters is 1. The van der Waals surface area contributed by atoms with E-state index in [2.05, 4.69) is 82.1 Å². The van der Waals surface area contributed by atoms with Gasteiger partial charge in [0.2, 0.25) is 11.4 Å². The van der Waals surface area contributed by atoms with Crippen LogP contribution in [-0.2, 0) is 16.0 Å². The van der Waals surface area contributed by atoms with Gasteiger partial charge in [-0.3, -0.25) is 15.1 Å². The highest BCUT2D eigenvalue weighted by molar-refractivity contribution is 6.15. The van der Waals surface area contributed by atoms with Gasteiger partial charge in [-0.25, -0.2) is 4.99 Å². The molecule has 0 saturated carbocycles. The Hall–Kier alpha value is -3.51. The monoisotopic (exact) mass is 500 g/mol. The van der Waals surface area contributed by atoms with E-state index in [-0.39, 0.29) is 5.97 Å². The minimum atomic E-state index is -0.393. The molecule has 0 saturated heterocycles. The highest BCUT2D eigenvalue weighted by Crippen LogP contribution is 2.30. The number of carbonyl (C=O) groups is 1. The molecule has 3 aliphatic rings. The first-order valence-electron chi connectivity index (χ1n) is 12.9. The molecule has 6 heteroatoms. The summed E-state index contributed by atoms with van der Waals surface area (Å²) in [6.45, 7) is 19.0. The maximum Gasteiger partial charge on any atom is 0.314 e. The van der Waals surface area contributed by atoms with Gasteiger partial charge in [0.15, 0.2) is 0 Å². The van der Waals surface area contributed by atoms with E-state index in [1.54, 1.807) is 0 Å². The number of nitrogens with one attached hydrogen (secondary N) is 2. The van der Waals surface area contributed by atoms with Gasteiger partial charge >= 0.3 is 5.97 Å². The Labute approximate surface area is 220 Å². The van der Waals surface area contributed by atoms with Gasteiger partial charge in [0.05, 0.1) is 30.9 Å². The van der Waals surface area contributed by atoms with Crippen molar-refractivity contribution in [3.8, 4) is 0 Å². The van der Waals surface area contributed by atoms with Crippen molar-refractivity contribution in [1.82, 2.24) is 4.98 Å². The van der Waals surface area contributed by atoms with Crippen LogP contribution in [0.4, 0.5) is 0 Å². The predicted octanol–water partition coefficient (Wildman–Crippen LogP) is 3.63. The molecule has 1 unspecified atom stereocenters. The lowest BCUT2D eigenvalue weighted by atomic mass is 9.97. The Bertz CT molecular complexity index is 1450. The largest absolute Gasteiger partial charge is 0.469 e. The minimum absolute atomic E-state index is 0.268. The molecule has 1 aromatic heterocycles. The highest BCUT2D eigenvalue weighted by Gasteiger charge is 2.30. The summed E-state index contributed by atoms with van der Waals surface area (Å²) < 4.78 is 4.94. The number of aliphatic imine (C=N–C) groups is 1. The Balaban J connectivity index is 1.65. The van der Waals surface area contributed by atoms with E-state index in [0.717, 1.165) is 46.1 Å². The van der Waals surface area contributed by atoms with Crippen LogP contribution < -0.4 is 10.3 Å². The number of rotatable bonds is 6. The summed E-state index contributed by atoms with van der Waals surface area (Å²) in [6, 6.07) is 0. The van der Waals surface area contributed by atoms with Crippen molar-refractivity contribution >= 4 is 23.5 Å². The van der Waals surface area contributed by atoms with Crippen LogP contribution in [0.1, 0.15) is 71.0 Å². The topological polar surface area (TPSA) is 85.0 Å². The third-order valence-electron chi connectivity index (χ3n) is 8.43. The van der Waals surface area contributed by atoms with Gasteiger partial charge in [-0.2, -0.15) is 0 Å². The first-order chi connectivity index (χ1) is 17.4. The van der Waals surface area contributed by atoms with E-state index in [0.29, 0.717) is 0 Å². The van der Waals surface area contributed by atoms with Crippen molar-refractivity contribution < 1.29 is 19.8 Å². The van der Waals surface area contributed by atoms with E-state index in [4.69, 9.17) is 9.73 Å². The molecule has 0 spiro atoms. The molecule has 194 valence electrons. The number of ether oxygens (including phenoxy) is 1. The van der Waals surface area contributed by atoms with Crippen LogP contribution in [0.25, 0.3) is 6.08 Å². The Kier molecular flexibility index (Phi) is 7.24. The molecule has 0 fully saturated rings. The maximum absolute atomic E-state index is 12.1. The average Bonchev–Trinajstić information content (AvgIpc) is 3.53. The molecule has 3 aliphatic heterocycles. The van der Waals surface area contributed by atoms with Crippen molar-refractivity contribution in [2.24, 2.45) is 10.9 Å². The summed E-state index contributed by atoms with van der Waals surface area (Å²) in [5.41, 5.74) is 17.4. The number of quaternary nitrogens is 1. The van der Waals surface area contributed by atoms with Crippen LogP contribution >= 0.6 is 0 Å². The van der Waals surface area contributed by atoms with Gasteiger partial charge in [0.25, 0.3) is 0 Å². The molecular formula is C31H40N4O2+2. The van der Waals surface area contributed by atoms with Crippen LogP contribution in [0.15, 0.2) is 67.8 Å². The van der Waals surface area contributed by atoms with Gasteiger partial charge in [0.1, 0.15) is 11.9 Å². The number of hydrogen-bond donors (Lipinski definition) is 3. The third kappa shape index (κ3) is 4.78. The number of aromatic nitrogens is 1. The molecule has 0 amide bonds. The third-order valence-corrected chi connectivity index (χ3v) is 8.43. The Morgan fingerprint density at radius 2 is 1.70 bits per heavy atom. The van der Waals surface area contributed by atoms with E-state index >= 15 is 0 Å². The molecule has 0 aromatic carbocycles. The van der Waals surface area contributed by atoms with E-state index in [9.17, 15) is 4.79 Å². The smallest absolute Gasteiger partial charge is 0.314 e. The summed E-state index contributed by atoms with van der Waals surface area (Å²) in [5.74, 6) is -0.661. The van der Waals surface area contributed by atoms with Crippen LogP contribution in [0.3, 0.4) is 0 Å². The summed E-state index contributed by atoms with van der Waals surface area (Å²) in [7, 11) is 1.42. The second-order valence-electron chi connectivity index (χ2n) is 10.5. The number of nitrogens with zero attached hydrogens (tertiary/aromatic N) is 1. The van der Waals surface area contributed by atoms with Crippen molar-refractivity contribution in [3.05, 3.63) is 85.3 Å². The fraction of sp³-hybridized carbons (Fsp3) is 0.387. The normalized spacial score (nSPS) is 21.0. The highest BCUT2D eigenvalue weighted by atomic mass is 16.5. The van der Waals surface area contributed by atoms with Gasteiger partial charge in [-0.1, -0.05) is 0 Å². The zero-order chi connectivity index (χ0) is 27.2. The van der Waals surface area contributed by atoms with Gasteiger partial charge in [-0.15, -0.1) is 0 Å². The molecule has 4 N–H and O–H groups in total. The molecule has 0 bridgehead atoms. The van der Waals surface area contributed by atoms with Crippen LogP contribution in [-0.4, -0.2) is 29.5 Å². The molecule has 4 rings (SSSR count). The SMILES string of the molecule is COC(=O)C(C)C1=N/C(=C\C2=[NH+]C(=Cc3[nH]c(CC4=C(C)C(C)=C[NH2+]4)c(C)c3C)C(C)=C2C)C(C)=C1C. The Morgan fingerprint density at radius 1 is 1.00 bits per heavy atom. The minimum Gasteiger partial charge on any atom is -0.469 e. The van der Waals surface area contributed by atoms with Gasteiger partial charge < -0.3 is 9.72 Å². The average molecular weight is 501 g/mol. The number of carbonyl (C=O) groups excluding carboxylic acids is 1. The maximum atomic E-state index is 12.1. The second-order valence-corrected chi connectivity index (χ2v) is 10.5. The first-order valence-corrected chi connectivity index (χ1v) is 12.9. The van der Waals surface area contributed by atoms with Crippen molar-refractivity contribution in [2.75, 3.05) is 7.11 Å². The lowest BCUT2D eigenvalue weighted by Crippen LogP contribution is -2.74. The fourth-order valence-corrected chi connectivity index (χ4v) is 5.05. The lowest BCUT2D eigenvalue weighted by molar-refractivity contribution is -0.533. The zero-order valence-electron chi connectivity index (χ0n) is 23.9. The summed E-state index contributed by atoms with van der Waals surface area (Å²) in [5, 5.41) is 2.24. The Morgan fingerprint density at radius 3 is 2.32 bits per heavy atom. The van der Waals surface area contributed by atoms with E-state index < -0.39 is 5.92 Å². The van der Waals surface area contributed by atoms with Gasteiger partial charge in [0, 0.05) is 45.8 Å². The molecule has 0 aliphatic carbocycles. The lowest BCUT2D eigenvalue weighted by Gasteiger charge is -2.09. The standard InChI is InChI=1S/C31H38N4O2/c1-15-14-32-24(16(15)2)11-25-17(3)18(4)26(33-25)12-27-19(5)20(6)28(34-27)13-29-21(7)22(8)30(35-29)23(9)31(36)37-10/h12-14,23,32-33H,11H2,1-10H3/p+2/b27-12?,29-13-. The van der Waals surface area contributed by atoms with Gasteiger partial charge in [-0.05, 0) is 84.6 Å². The number of hydrogen-bond acceptors (Lipinski definition) is 3. The van der Waals surface area contributed by atoms with E-state index in [1.807, 2.05) is 13.8 Å². The summed E-state index contributed by atoms with van der Waals surface area (Å²) in [6.07, 6.45) is 7.43. The predicted molar refractivity (Wildman–Crippen MR) is 150 cm³/mol. The molecule has 37 heavy (non-hydrogen) atoms. The van der Waals surface area contributed by atoms with E-state index in [1.165, 1.54) is 51.9 Å². The van der Waals surface area contributed by atoms with Crippen LogP contribution in [0.2, 0.25) is 0 Å². The number of methoxy groups -OCH3 is 1. The fourth-order valence-electron chi connectivity index (χ4n) is 5.05. The molecular weight excluding hydrogens is 460 g/mol. The molecule has 1 aromatic rings. The summed E-state index contributed by atoms with van der Waals surface area (Å²) in [4.78, 5) is 24.2. The molecule has 0 radical (unpaired) electrons. The first kappa shape index (κ1) is 26.6. The molecule has 4 heterocycles. The quantitative estimate of drug-likeness (QED) is 0.521. The van der Waals surface area contributed by atoms with Crippen molar-refractivity contribution in [1.29, 1.82) is 0 Å². The number of allylic oxidation sites excluding steroid dienone is 8. The number of aromatic amines is 1. The number of H-pyrrole nitrogens is 1.